The zero-order valence-electron chi connectivity index (χ0n) is 9.35. The van der Waals surface area contributed by atoms with Gasteiger partial charge in [0.25, 0.3) is 0 Å². The lowest BCUT2D eigenvalue weighted by atomic mass is 10.0. The van der Waals surface area contributed by atoms with Gasteiger partial charge in [-0.1, -0.05) is 29.6 Å². The standard InChI is InChI=1S/C12H15BrCl2N2/c13-8-4-5-10(12(15)11(8)14)17-9-3-1-2-7(9)6-16/h4-5,7,9,17H,1-3,6,16H2. The quantitative estimate of drug-likeness (QED) is 0.807. The van der Waals surface area contributed by atoms with Crippen LogP contribution in [0.4, 0.5) is 5.69 Å². The number of nitrogens with one attached hydrogen (secondary N) is 1. The molecule has 2 nitrogen and oxygen atoms in total. The van der Waals surface area contributed by atoms with Crippen molar-refractivity contribution in [2.45, 2.75) is 25.3 Å². The highest BCUT2D eigenvalue weighted by molar-refractivity contribution is 9.10. The summed E-state index contributed by atoms with van der Waals surface area (Å²) in [6.07, 6.45) is 3.56. The topological polar surface area (TPSA) is 38.0 Å². The van der Waals surface area contributed by atoms with Crippen molar-refractivity contribution in [1.29, 1.82) is 0 Å². The molecule has 17 heavy (non-hydrogen) atoms. The average Bonchev–Trinajstić information content (AvgIpc) is 2.77. The smallest absolute Gasteiger partial charge is 0.0835 e. The van der Waals surface area contributed by atoms with Gasteiger partial charge in [0, 0.05) is 10.5 Å². The second kappa shape index (κ2) is 5.79. The van der Waals surface area contributed by atoms with Gasteiger partial charge in [-0.2, -0.15) is 0 Å². The van der Waals surface area contributed by atoms with Crippen LogP contribution in [-0.2, 0) is 0 Å². The molecule has 1 saturated carbocycles. The average molecular weight is 338 g/mol. The maximum atomic E-state index is 6.21. The Kier molecular flexibility index (Phi) is 4.59. The SMILES string of the molecule is NCC1CCCC1Nc1ccc(Br)c(Cl)c1Cl. The lowest BCUT2D eigenvalue weighted by molar-refractivity contribution is 0.516. The Morgan fingerprint density at radius 3 is 2.76 bits per heavy atom. The Morgan fingerprint density at radius 2 is 2.06 bits per heavy atom. The Labute approximate surface area is 120 Å². The number of nitrogens with two attached hydrogens (primary N) is 1. The Balaban J connectivity index is 2.16. The highest BCUT2D eigenvalue weighted by Crippen LogP contribution is 2.37. The monoisotopic (exact) mass is 336 g/mol. The first-order valence-corrected chi connectivity index (χ1v) is 7.28. The van der Waals surface area contributed by atoms with Gasteiger partial charge in [0.05, 0.1) is 15.7 Å². The molecule has 0 heterocycles. The summed E-state index contributed by atoms with van der Waals surface area (Å²) in [5.41, 5.74) is 6.66. The van der Waals surface area contributed by atoms with Crippen LogP contribution in [0.15, 0.2) is 16.6 Å². The van der Waals surface area contributed by atoms with Gasteiger partial charge in [0.15, 0.2) is 0 Å². The molecule has 94 valence electrons. The molecule has 0 spiro atoms. The minimum atomic E-state index is 0.412. The van der Waals surface area contributed by atoms with Crippen LogP contribution in [-0.4, -0.2) is 12.6 Å². The van der Waals surface area contributed by atoms with Crippen LogP contribution in [0.2, 0.25) is 10.0 Å². The fourth-order valence-electron chi connectivity index (χ4n) is 2.35. The third-order valence-corrected chi connectivity index (χ3v) is 5.11. The molecular weight excluding hydrogens is 323 g/mol. The minimum absolute atomic E-state index is 0.412. The Hall–Kier alpha value is 0.0400. The van der Waals surface area contributed by atoms with E-state index in [2.05, 4.69) is 21.2 Å². The van der Waals surface area contributed by atoms with Crippen molar-refractivity contribution in [2.24, 2.45) is 11.7 Å². The van der Waals surface area contributed by atoms with E-state index in [1.54, 1.807) is 0 Å². The molecule has 2 atom stereocenters. The summed E-state index contributed by atoms with van der Waals surface area (Å²) in [5.74, 6) is 0.536. The van der Waals surface area contributed by atoms with Crippen LogP contribution < -0.4 is 11.1 Å². The second-order valence-electron chi connectivity index (χ2n) is 4.40. The van der Waals surface area contributed by atoms with Gasteiger partial charge in [0.2, 0.25) is 0 Å². The largest absolute Gasteiger partial charge is 0.381 e. The van der Waals surface area contributed by atoms with Crippen molar-refractivity contribution in [1.82, 2.24) is 0 Å². The van der Waals surface area contributed by atoms with Crippen molar-refractivity contribution in [3.63, 3.8) is 0 Å². The number of benzene rings is 1. The minimum Gasteiger partial charge on any atom is -0.381 e. The molecule has 3 N–H and O–H groups in total. The molecule has 0 bridgehead atoms. The van der Waals surface area contributed by atoms with E-state index in [4.69, 9.17) is 28.9 Å². The van der Waals surface area contributed by atoms with Crippen molar-refractivity contribution in [2.75, 3.05) is 11.9 Å². The normalized spacial score (nSPS) is 24.0. The van der Waals surface area contributed by atoms with E-state index in [0.717, 1.165) is 23.1 Å². The number of hydrogen-bond donors (Lipinski definition) is 2. The fraction of sp³-hybridized carbons (Fsp3) is 0.500. The lowest BCUT2D eigenvalue weighted by Crippen LogP contribution is -2.29. The third kappa shape index (κ3) is 2.90. The highest BCUT2D eigenvalue weighted by atomic mass is 79.9. The van der Waals surface area contributed by atoms with E-state index in [0.29, 0.717) is 22.0 Å². The van der Waals surface area contributed by atoms with E-state index >= 15 is 0 Å². The number of halogens is 3. The number of hydrogen-bond acceptors (Lipinski definition) is 2. The second-order valence-corrected chi connectivity index (χ2v) is 6.01. The van der Waals surface area contributed by atoms with E-state index in [9.17, 15) is 0 Å². The van der Waals surface area contributed by atoms with Crippen LogP contribution in [0.25, 0.3) is 0 Å². The predicted molar refractivity (Wildman–Crippen MR) is 78.0 cm³/mol. The van der Waals surface area contributed by atoms with Crippen LogP contribution in [0.5, 0.6) is 0 Å². The Bertz CT molecular complexity index is 412. The fourth-order valence-corrected chi connectivity index (χ4v) is 3.17. The lowest BCUT2D eigenvalue weighted by Gasteiger charge is -2.21. The van der Waals surface area contributed by atoms with E-state index < -0.39 is 0 Å². The van der Waals surface area contributed by atoms with E-state index in [1.165, 1.54) is 12.8 Å². The summed E-state index contributed by atoms with van der Waals surface area (Å²) in [6, 6.07) is 4.27. The molecule has 5 heteroatoms. The van der Waals surface area contributed by atoms with Crippen molar-refractivity contribution < 1.29 is 0 Å². The van der Waals surface area contributed by atoms with Gasteiger partial charge < -0.3 is 11.1 Å². The molecule has 0 aliphatic heterocycles. The number of rotatable bonds is 3. The highest BCUT2D eigenvalue weighted by Gasteiger charge is 2.26. The first kappa shape index (κ1) is 13.5. The molecule has 0 amide bonds. The van der Waals surface area contributed by atoms with Gasteiger partial charge in [-0.15, -0.1) is 0 Å². The van der Waals surface area contributed by atoms with E-state index in [-0.39, 0.29) is 0 Å². The predicted octanol–water partition coefficient (Wildman–Crippen LogP) is 4.30. The van der Waals surface area contributed by atoms with Gasteiger partial charge >= 0.3 is 0 Å². The van der Waals surface area contributed by atoms with E-state index in [1.807, 2.05) is 12.1 Å². The summed E-state index contributed by atoms with van der Waals surface area (Å²) < 4.78 is 0.816. The maximum Gasteiger partial charge on any atom is 0.0835 e. The van der Waals surface area contributed by atoms with Crippen molar-refractivity contribution in [3.8, 4) is 0 Å². The first-order chi connectivity index (χ1) is 8.13. The van der Waals surface area contributed by atoms with Crippen LogP contribution in [0.1, 0.15) is 19.3 Å². The summed E-state index contributed by atoms with van der Waals surface area (Å²) in [5, 5.41) is 4.59. The van der Waals surface area contributed by atoms with Gasteiger partial charge in [-0.25, -0.2) is 0 Å². The first-order valence-electron chi connectivity index (χ1n) is 5.73. The van der Waals surface area contributed by atoms with Crippen molar-refractivity contribution >= 4 is 44.8 Å². The number of anilines is 1. The molecule has 1 aliphatic rings. The van der Waals surface area contributed by atoms with Gasteiger partial charge in [0.1, 0.15) is 0 Å². The molecule has 0 radical (unpaired) electrons. The summed E-state index contributed by atoms with van der Waals surface area (Å²) in [4.78, 5) is 0. The van der Waals surface area contributed by atoms with Crippen LogP contribution in [0.3, 0.4) is 0 Å². The zero-order chi connectivity index (χ0) is 12.4. The van der Waals surface area contributed by atoms with Crippen molar-refractivity contribution in [3.05, 3.63) is 26.7 Å². The summed E-state index contributed by atoms with van der Waals surface area (Å²) in [7, 11) is 0. The Morgan fingerprint density at radius 1 is 1.29 bits per heavy atom. The van der Waals surface area contributed by atoms with Gasteiger partial charge in [-0.3, -0.25) is 0 Å². The maximum absolute atomic E-state index is 6.21. The molecule has 2 unspecified atom stereocenters. The molecule has 1 aliphatic carbocycles. The molecule has 0 saturated heterocycles. The summed E-state index contributed by atoms with van der Waals surface area (Å²) >= 11 is 15.7. The molecular formula is C12H15BrCl2N2. The van der Waals surface area contributed by atoms with Crippen LogP contribution >= 0.6 is 39.1 Å². The molecule has 0 aromatic heterocycles. The molecule has 1 aromatic carbocycles. The molecule has 1 fully saturated rings. The third-order valence-electron chi connectivity index (χ3n) is 3.34. The molecule has 1 aromatic rings. The summed E-state index contributed by atoms with van der Waals surface area (Å²) in [6.45, 7) is 0.722. The van der Waals surface area contributed by atoms with Crippen LogP contribution in [0, 0.1) is 5.92 Å². The van der Waals surface area contributed by atoms with Gasteiger partial charge in [-0.05, 0) is 53.4 Å². The zero-order valence-corrected chi connectivity index (χ0v) is 12.4. The molecule has 2 rings (SSSR count).